The normalized spacial score (nSPS) is 15.7. The van der Waals surface area contributed by atoms with Gasteiger partial charge in [0.15, 0.2) is 0 Å². The minimum Gasteiger partial charge on any atom is -0.497 e. The molecule has 1 aliphatic rings. The number of hydrogen-bond donors (Lipinski definition) is 0. The van der Waals surface area contributed by atoms with Gasteiger partial charge in [-0.2, -0.15) is 0 Å². The van der Waals surface area contributed by atoms with E-state index in [1.807, 2.05) is 30.0 Å². The van der Waals surface area contributed by atoms with Crippen molar-refractivity contribution in [2.24, 2.45) is 0 Å². The number of likely N-dealkylation sites (tertiary alicyclic amines) is 1. The van der Waals surface area contributed by atoms with Crippen molar-refractivity contribution >= 4 is 35.0 Å². The van der Waals surface area contributed by atoms with E-state index >= 15 is 0 Å². The predicted octanol–water partition coefficient (Wildman–Crippen LogP) is 6.03. The van der Waals surface area contributed by atoms with Crippen LogP contribution in [0.3, 0.4) is 0 Å². The van der Waals surface area contributed by atoms with Gasteiger partial charge in [-0.3, -0.25) is 0 Å². The fourth-order valence-electron chi connectivity index (χ4n) is 3.16. The van der Waals surface area contributed by atoms with Crippen molar-refractivity contribution in [1.29, 1.82) is 0 Å². The maximum absolute atomic E-state index is 6.06. The summed E-state index contributed by atoms with van der Waals surface area (Å²) in [7, 11) is 1.71. The summed E-state index contributed by atoms with van der Waals surface area (Å²) < 4.78 is 11.3. The molecule has 1 aliphatic heterocycles. The number of thioether (sulfide) groups is 1. The van der Waals surface area contributed by atoms with Gasteiger partial charge >= 0.3 is 0 Å². The lowest BCUT2D eigenvalue weighted by Gasteiger charge is -2.32. The molecular weight excluding hydrogens is 401 g/mol. The van der Waals surface area contributed by atoms with Gasteiger partial charge in [0.25, 0.3) is 0 Å². The van der Waals surface area contributed by atoms with Crippen molar-refractivity contribution in [3.63, 3.8) is 0 Å². The maximum Gasteiger partial charge on any atom is 0.121 e. The molecule has 0 aliphatic carbocycles. The highest BCUT2D eigenvalue weighted by atomic mass is 35.5. The second kappa shape index (κ2) is 10.5. The van der Waals surface area contributed by atoms with Gasteiger partial charge in [0.05, 0.1) is 17.2 Å². The largest absolute Gasteiger partial charge is 0.497 e. The van der Waals surface area contributed by atoms with Crippen molar-refractivity contribution in [3.05, 3.63) is 52.5 Å². The first-order chi connectivity index (χ1) is 13.1. The average Bonchev–Trinajstić information content (AvgIpc) is 2.69. The first-order valence-corrected chi connectivity index (χ1v) is 11.0. The zero-order valence-electron chi connectivity index (χ0n) is 15.5. The summed E-state index contributed by atoms with van der Waals surface area (Å²) in [6.45, 7) is 3.29. The van der Waals surface area contributed by atoms with Gasteiger partial charge in [-0.25, -0.2) is 0 Å². The van der Waals surface area contributed by atoms with E-state index in [4.69, 9.17) is 32.7 Å². The average molecular weight is 426 g/mol. The number of piperidine rings is 1. The summed E-state index contributed by atoms with van der Waals surface area (Å²) in [4.78, 5) is 3.80. The first kappa shape index (κ1) is 20.7. The van der Waals surface area contributed by atoms with E-state index in [1.54, 1.807) is 19.2 Å². The monoisotopic (exact) mass is 425 g/mol. The molecule has 3 rings (SSSR count). The van der Waals surface area contributed by atoms with Crippen molar-refractivity contribution in [2.75, 3.05) is 32.5 Å². The lowest BCUT2D eigenvalue weighted by Crippen LogP contribution is -2.38. The SMILES string of the molecule is COc1cccc(SCCCN2CCC(Oc3ccc(Cl)c(Cl)c3)CC2)c1. The minimum absolute atomic E-state index is 0.254. The summed E-state index contributed by atoms with van der Waals surface area (Å²) in [6, 6.07) is 13.7. The Morgan fingerprint density at radius 2 is 1.85 bits per heavy atom. The first-order valence-electron chi connectivity index (χ1n) is 9.25. The van der Waals surface area contributed by atoms with Gasteiger partial charge in [0, 0.05) is 24.1 Å². The second-order valence-corrected chi connectivity index (χ2v) is 8.60. The summed E-state index contributed by atoms with van der Waals surface area (Å²) >= 11 is 13.9. The number of rotatable bonds is 8. The van der Waals surface area contributed by atoms with Crippen LogP contribution in [0, 0.1) is 0 Å². The molecule has 2 aromatic carbocycles. The molecular formula is C21H25Cl2NO2S. The van der Waals surface area contributed by atoms with E-state index in [0.717, 1.165) is 49.7 Å². The molecule has 1 saturated heterocycles. The van der Waals surface area contributed by atoms with Crippen LogP contribution >= 0.6 is 35.0 Å². The van der Waals surface area contributed by atoms with E-state index < -0.39 is 0 Å². The van der Waals surface area contributed by atoms with Gasteiger partial charge in [0.1, 0.15) is 17.6 Å². The molecule has 27 heavy (non-hydrogen) atoms. The Kier molecular flexibility index (Phi) is 8.01. The third-order valence-corrected chi connectivity index (χ3v) is 6.48. The van der Waals surface area contributed by atoms with Crippen LogP contribution < -0.4 is 9.47 Å². The number of halogens is 2. The zero-order chi connectivity index (χ0) is 19.1. The van der Waals surface area contributed by atoms with Gasteiger partial charge in [-0.05, 0) is 61.9 Å². The van der Waals surface area contributed by atoms with Crippen molar-refractivity contribution in [1.82, 2.24) is 4.90 Å². The topological polar surface area (TPSA) is 21.7 Å². The van der Waals surface area contributed by atoms with Gasteiger partial charge in [0.2, 0.25) is 0 Å². The van der Waals surface area contributed by atoms with Gasteiger partial charge < -0.3 is 14.4 Å². The van der Waals surface area contributed by atoms with Gasteiger partial charge in [-0.1, -0.05) is 29.3 Å². The predicted molar refractivity (Wildman–Crippen MR) is 115 cm³/mol. The molecule has 6 heteroatoms. The van der Waals surface area contributed by atoms with E-state index in [2.05, 4.69) is 17.0 Å². The highest BCUT2D eigenvalue weighted by Crippen LogP contribution is 2.28. The fraction of sp³-hybridized carbons (Fsp3) is 0.429. The quantitative estimate of drug-likeness (QED) is 0.380. The van der Waals surface area contributed by atoms with E-state index in [-0.39, 0.29) is 6.10 Å². The van der Waals surface area contributed by atoms with Crippen LogP contribution in [0.15, 0.2) is 47.4 Å². The van der Waals surface area contributed by atoms with Crippen LogP contribution in [0.2, 0.25) is 10.0 Å². The minimum atomic E-state index is 0.254. The number of benzene rings is 2. The molecule has 0 saturated carbocycles. The highest BCUT2D eigenvalue weighted by Gasteiger charge is 2.20. The Bertz CT molecular complexity index is 736. The van der Waals surface area contributed by atoms with E-state index in [9.17, 15) is 0 Å². The molecule has 2 aromatic rings. The van der Waals surface area contributed by atoms with Crippen molar-refractivity contribution in [2.45, 2.75) is 30.3 Å². The van der Waals surface area contributed by atoms with Crippen LogP contribution in [0.5, 0.6) is 11.5 Å². The van der Waals surface area contributed by atoms with Crippen LogP contribution in [0.4, 0.5) is 0 Å². The summed E-state index contributed by atoms with van der Waals surface area (Å²) in [5.74, 6) is 2.84. The fourth-order valence-corrected chi connectivity index (χ4v) is 4.33. The molecule has 0 spiro atoms. The maximum atomic E-state index is 6.06. The third kappa shape index (κ3) is 6.49. The number of methoxy groups -OCH3 is 1. The van der Waals surface area contributed by atoms with Crippen LogP contribution in [0.25, 0.3) is 0 Å². The molecule has 0 radical (unpaired) electrons. The Labute approximate surface area is 175 Å². The Morgan fingerprint density at radius 1 is 1.04 bits per heavy atom. The smallest absolute Gasteiger partial charge is 0.121 e. The molecule has 1 fully saturated rings. The molecule has 0 aromatic heterocycles. The highest BCUT2D eigenvalue weighted by molar-refractivity contribution is 7.99. The summed E-state index contributed by atoms with van der Waals surface area (Å²) in [6.07, 6.45) is 3.52. The molecule has 0 unspecified atom stereocenters. The number of hydrogen-bond acceptors (Lipinski definition) is 4. The molecule has 0 N–H and O–H groups in total. The Morgan fingerprint density at radius 3 is 2.59 bits per heavy atom. The number of ether oxygens (including phenoxy) is 2. The van der Waals surface area contributed by atoms with Crippen molar-refractivity contribution in [3.8, 4) is 11.5 Å². The van der Waals surface area contributed by atoms with Crippen molar-refractivity contribution < 1.29 is 9.47 Å². The second-order valence-electron chi connectivity index (χ2n) is 6.62. The lowest BCUT2D eigenvalue weighted by molar-refractivity contribution is 0.101. The molecule has 1 heterocycles. The van der Waals surface area contributed by atoms with E-state index in [0.29, 0.717) is 10.0 Å². The lowest BCUT2D eigenvalue weighted by atomic mass is 10.1. The van der Waals surface area contributed by atoms with Gasteiger partial charge in [-0.15, -0.1) is 11.8 Å². The summed E-state index contributed by atoms with van der Waals surface area (Å²) in [5.41, 5.74) is 0. The number of nitrogens with zero attached hydrogens (tertiary/aromatic N) is 1. The molecule has 0 bridgehead atoms. The Hall–Kier alpha value is -1.07. The van der Waals surface area contributed by atoms with Crippen LogP contribution in [0.1, 0.15) is 19.3 Å². The summed E-state index contributed by atoms with van der Waals surface area (Å²) in [5, 5.41) is 1.10. The van der Waals surface area contributed by atoms with Crippen LogP contribution in [-0.4, -0.2) is 43.5 Å². The van der Waals surface area contributed by atoms with E-state index in [1.165, 1.54) is 11.3 Å². The zero-order valence-corrected chi connectivity index (χ0v) is 17.8. The standard InChI is InChI=1S/C21H25Cl2NO2S/c1-25-17-4-2-5-19(14-17)27-13-3-10-24-11-8-16(9-12-24)26-18-6-7-20(22)21(23)15-18/h2,4-7,14-16H,3,8-13H2,1H3. The molecule has 146 valence electrons. The third-order valence-electron chi connectivity index (χ3n) is 4.66. The molecule has 0 atom stereocenters. The molecule has 3 nitrogen and oxygen atoms in total. The Balaban J connectivity index is 1.34. The molecule has 0 amide bonds. The van der Waals surface area contributed by atoms with Crippen LogP contribution in [-0.2, 0) is 0 Å².